The fourth-order valence-corrected chi connectivity index (χ4v) is 7.51. The molecule has 15 heteroatoms. The van der Waals surface area contributed by atoms with Gasteiger partial charge < -0.3 is 40.2 Å². The number of ether oxygens (including phenoxy) is 4. The third-order valence-electron chi connectivity index (χ3n) is 8.31. The molecular formula is C42H40N4O9S2. The molecule has 0 spiro atoms. The monoisotopic (exact) mass is 808 g/mol. The van der Waals surface area contributed by atoms with Gasteiger partial charge in [-0.3, -0.25) is 19.2 Å². The second-order valence-corrected chi connectivity index (χ2v) is 14.6. The van der Waals surface area contributed by atoms with Crippen molar-refractivity contribution in [2.45, 2.75) is 24.0 Å². The van der Waals surface area contributed by atoms with E-state index in [1.165, 1.54) is 46.3 Å². The first kappa shape index (κ1) is 41.6. The van der Waals surface area contributed by atoms with Crippen molar-refractivity contribution >= 4 is 75.1 Å². The molecular weight excluding hydrogens is 769 g/mol. The SMILES string of the molecule is COC(=O)c1c(NC(=O)C(C)Sc2cccc(NC(=O)/C(=C\c3cc(OC)c(OC)c(OC)c3)NC(=O)c3ccccc3)c2)sc(C(=O)Nc2ccccc2)c1C. The number of methoxy groups -OCH3 is 4. The Bertz CT molecular complexity index is 2290. The minimum absolute atomic E-state index is 0.0756. The van der Waals surface area contributed by atoms with Crippen LogP contribution in [0.3, 0.4) is 0 Å². The number of esters is 1. The highest BCUT2D eigenvalue weighted by Crippen LogP contribution is 2.39. The zero-order valence-electron chi connectivity index (χ0n) is 31.9. The van der Waals surface area contributed by atoms with Crippen LogP contribution >= 0.6 is 23.1 Å². The maximum absolute atomic E-state index is 13.8. The number of hydrogen-bond donors (Lipinski definition) is 4. The molecule has 4 N–H and O–H groups in total. The summed E-state index contributed by atoms with van der Waals surface area (Å²) < 4.78 is 21.3. The highest BCUT2D eigenvalue weighted by molar-refractivity contribution is 8.00. The van der Waals surface area contributed by atoms with Crippen LogP contribution in [-0.4, -0.2) is 63.3 Å². The van der Waals surface area contributed by atoms with Gasteiger partial charge in [0.25, 0.3) is 17.7 Å². The summed E-state index contributed by atoms with van der Waals surface area (Å²) in [7, 11) is 5.64. The van der Waals surface area contributed by atoms with E-state index in [-0.39, 0.29) is 21.1 Å². The van der Waals surface area contributed by atoms with Gasteiger partial charge in [-0.15, -0.1) is 23.1 Å². The predicted molar refractivity (Wildman–Crippen MR) is 222 cm³/mol. The van der Waals surface area contributed by atoms with Gasteiger partial charge in [-0.2, -0.15) is 0 Å². The molecule has 0 aliphatic heterocycles. The molecule has 0 aliphatic carbocycles. The molecule has 57 heavy (non-hydrogen) atoms. The van der Waals surface area contributed by atoms with Crippen LogP contribution in [0.4, 0.5) is 16.4 Å². The van der Waals surface area contributed by atoms with Gasteiger partial charge in [0.2, 0.25) is 11.7 Å². The average molecular weight is 809 g/mol. The van der Waals surface area contributed by atoms with Gasteiger partial charge in [-0.05, 0) is 85.6 Å². The van der Waals surface area contributed by atoms with E-state index < -0.39 is 34.8 Å². The highest BCUT2D eigenvalue weighted by Gasteiger charge is 2.28. The summed E-state index contributed by atoms with van der Waals surface area (Å²) in [6.07, 6.45) is 1.48. The van der Waals surface area contributed by atoms with E-state index in [1.54, 1.807) is 105 Å². The standard InChI is InChI=1S/C42H40N4O9S2/c1-24-34(42(51)55-6)41(57-36(24)40(50)43-28-16-11-8-12-17-28)46-37(47)25(2)56-30-19-13-18-29(23-30)44-39(49)31(45-38(48)27-14-9-7-10-15-27)20-26-21-32(52-3)35(54-5)33(22-26)53-4/h7-23,25H,1-6H3,(H,43,50)(H,44,49)(H,45,48)(H,46,47)/b31-20+. The number of hydrogen-bond acceptors (Lipinski definition) is 11. The predicted octanol–water partition coefficient (Wildman–Crippen LogP) is 7.65. The fraction of sp³-hybridized carbons (Fsp3) is 0.167. The van der Waals surface area contributed by atoms with Gasteiger partial charge in [-0.1, -0.05) is 42.5 Å². The molecule has 1 atom stereocenters. The van der Waals surface area contributed by atoms with Crippen LogP contribution in [0.1, 0.15) is 48.4 Å². The van der Waals surface area contributed by atoms with Crippen molar-refractivity contribution < 1.29 is 42.9 Å². The number of benzene rings is 4. The third kappa shape index (κ3) is 10.4. The Morgan fingerprint density at radius 2 is 1.35 bits per heavy atom. The smallest absolute Gasteiger partial charge is 0.341 e. The maximum atomic E-state index is 13.8. The van der Waals surface area contributed by atoms with Crippen molar-refractivity contribution in [1.82, 2.24) is 5.32 Å². The number of thiophene rings is 1. The van der Waals surface area contributed by atoms with E-state index in [4.69, 9.17) is 18.9 Å². The first-order chi connectivity index (χ1) is 27.5. The van der Waals surface area contributed by atoms with Crippen molar-refractivity contribution in [3.8, 4) is 17.2 Å². The summed E-state index contributed by atoms with van der Waals surface area (Å²) in [4.78, 5) is 67.4. The molecule has 294 valence electrons. The van der Waals surface area contributed by atoms with Crippen LogP contribution in [0, 0.1) is 6.92 Å². The van der Waals surface area contributed by atoms with Crippen molar-refractivity contribution in [2.75, 3.05) is 44.4 Å². The van der Waals surface area contributed by atoms with E-state index in [9.17, 15) is 24.0 Å². The molecule has 5 aromatic rings. The van der Waals surface area contributed by atoms with E-state index in [2.05, 4.69) is 21.3 Å². The van der Waals surface area contributed by atoms with Gasteiger partial charge in [0.15, 0.2) is 11.5 Å². The number of nitrogens with one attached hydrogen (secondary N) is 4. The van der Waals surface area contributed by atoms with Gasteiger partial charge >= 0.3 is 5.97 Å². The number of anilines is 3. The minimum atomic E-state index is -0.694. The van der Waals surface area contributed by atoms with E-state index >= 15 is 0 Å². The van der Waals surface area contributed by atoms with Gasteiger partial charge in [0.05, 0.1) is 44.1 Å². The number of amides is 4. The van der Waals surface area contributed by atoms with Crippen LogP contribution < -0.4 is 35.5 Å². The van der Waals surface area contributed by atoms with Crippen molar-refractivity contribution in [1.29, 1.82) is 0 Å². The minimum Gasteiger partial charge on any atom is -0.493 e. The molecule has 0 saturated carbocycles. The Labute approximate surface area is 337 Å². The summed E-state index contributed by atoms with van der Waals surface area (Å²) >= 11 is 2.18. The first-order valence-corrected chi connectivity index (χ1v) is 19.0. The van der Waals surface area contributed by atoms with Crippen LogP contribution in [0.5, 0.6) is 17.2 Å². The fourth-order valence-electron chi connectivity index (χ4n) is 5.49. The zero-order chi connectivity index (χ0) is 41.1. The molecule has 1 heterocycles. The van der Waals surface area contributed by atoms with Crippen molar-refractivity contribution in [2.24, 2.45) is 0 Å². The van der Waals surface area contributed by atoms with Crippen LogP contribution in [0.15, 0.2) is 108 Å². The molecule has 1 unspecified atom stereocenters. The number of thioether (sulfide) groups is 1. The number of carbonyl (C=O) groups is 5. The second kappa shape index (κ2) is 19.3. The van der Waals surface area contributed by atoms with Gasteiger partial charge in [0.1, 0.15) is 10.7 Å². The molecule has 1 aromatic heterocycles. The average Bonchev–Trinajstić information content (AvgIpc) is 3.55. The molecule has 0 fully saturated rings. The Morgan fingerprint density at radius 1 is 0.719 bits per heavy atom. The van der Waals surface area contributed by atoms with Gasteiger partial charge in [0, 0.05) is 21.8 Å². The van der Waals surface area contributed by atoms with E-state index in [1.807, 2.05) is 6.07 Å². The van der Waals surface area contributed by atoms with E-state index in [0.29, 0.717) is 50.2 Å². The highest BCUT2D eigenvalue weighted by atomic mass is 32.2. The topological polar surface area (TPSA) is 170 Å². The Balaban J connectivity index is 1.34. The Kier molecular flexibility index (Phi) is 14.1. The summed E-state index contributed by atoms with van der Waals surface area (Å²) in [6.45, 7) is 3.30. The number of carbonyl (C=O) groups excluding carboxylic acids is 5. The Hall–Kier alpha value is -6.58. The lowest BCUT2D eigenvalue weighted by Crippen LogP contribution is -2.30. The molecule has 4 aromatic carbocycles. The number of rotatable bonds is 15. The lowest BCUT2D eigenvalue weighted by atomic mass is 10.1. The van der Waals surface area contributed by atoms with Crippen molar-refractivity contribution in [3.05, 3.63) is 130 Å². The molecule has 0 saturated heterocycles. The first-order valence-electron chi connectivity index (χ1n) is 17.3. The van der Waals surface area contributed by atoms with Crippen molar-refractivity contribution in [3.63, 3.8) is 0 Å². The van der Waals surface area contributed by atoms with Gasteiger partial charge in [-0.25, -0.2) is 4.79 Å². The van der Waals surface area contributed by atoms with E-state index in [0.717, 1.165) is 11.3 Å². The zero-order valence-corrected chi connectivity index (χ0v) is 33.5. The molecule has 0 bridgehead atoms. The van der Waals surface area contributed by atoms with Crippen LogP contribution in [0.25, 0.3) is 6.08 Å². The van der Waals surface area contributed by atoms with Crippen LogP contribution in [-0.2, 0) is 14.3 Å². The summed E-state index contributed by atoms with van der Waals surface area (Å²) in [5.74, 6) is -1.63. The lowest BCUT2D eigenvalue weighted by Gasteiger charge is -2.15. The molecule has 5 rings (SSSR count). The number of para-hydroxylation sites is 1. The Morgan fingerprint density at radius 3 is 1.96 bits per heavy atom. The maximum Gasteiger partial charge on any atom is 0.341 e. The molecule has 0 radical (unpaired) electrons. The largest absolute Gasteiger partial charge is 0.493 e. The summed E-state index contributed by atoms with van der Waals surface area (Å²) in [5.41, 5.74) is 2.17. The summed E-state index contributed by atoms with van der Waals surface area (Å²) in [6, 6.07) is 27.4. The summed E-state index contributed by atoms with van der Waals surface area (Å²) in [5, 5.41) is 10.6. The third-order valence-corrected chi connectivity index (χ3v) is 10.6. The normalized spacial score (nSPS) is 11.4. The lowest BCUT2D eigenvalue weighted by molar-refractivity contribution is -0.115. The molecule has 4 amide bonds. The molecule has 0 aliphatic rings. The quantitative estimate of drug-likeness (QED) is 0.0468. The second-order valence-electron chi connectivity index (χ2n) is 12.1. The van der Waals surface area contributed by atoms with Crippen LogP contribution in [0.2, 0.25) is 0 Å². The molecule has 13 nitrogen and oxygen atoms in total.